The molecule has 0 aliphatic rings. The van der Waals surface area contributed by atoms with Crippen molar-refractivity contribution in [1.29, 1.82) is 0 Å². The first kappa shape index (κ1) is 12.2. The minimum Gasteiger partial charge on any atom is -0.409 e. The van der Waals surface area contributed by atoms with E-state index >= 15 is 0 Å². The molecule has 0 atom stereocenters. The van der Waals surface area contributed by atoms with Crippen molar-refractivity contribution in [2.24, 2.45) is 10.9 Å². The van der Waals surface area contributed by atoms with E-state index in [0.717, 1.165) is 0 Å². The van der Waals surface area contributed by atoms with E-state index in [1.807, 2.05) is 0 Å². The number of rotatable bonds is 4. The van der Waals surface area contributed by atoms with Gasteiger partial charge in [-0.25, -0.2) is 0 Å². The fraction of sp³-hybridized carbons (Fsp3) is 0.400. The van der Waals surface area contributed by atoms with Gasteiger partial charge in [0.05, 0.1) is 12.2 Å². The first-order chi connectivity index (χ1) is 7.61. The minimum atomic E-state index is -0.486. The molecule has 0 spiro atoms. The Bertz CT molecular complexity index is 454. The van der Waals surface area contributed by atoms with Crippen molar-refractivity contribution in [1.82, 2.24) is 4.57 Å². The molecule has 88 valence electrons. The molecule has 0 fully saturated rings. The average Bonchev–Trinajstić information content (AvgIpc) is 2.28. The number of aromatic nitrogens is 1. The van der Waals surface area contributed by atoms with E-state index in [2.05, 4.69) is 5.16 Å². The van der Waals surface area contributed by atoms with Gasteiger partial charge in [-0.2, -0.15) is 0 Å². The molecule has 0 aliphatic carbocycles. The van der Waals surface area contributed by atoms with Crippen molar-refractivity contribution >= 4 is 5.84 Å². The summed E-state index contributed by atoms with van der Waals surface area (Å²) in [4.78, 5) is 11.9. The number of hydrogen-bond acceptors (Lipinski definition) is 3. The molecule has 3 N–H and O–H groups in total. The van der Waals surface area contributed by atoms with Crippen LogP contribution in [0, 0.1) is 6.92 Å². The van der Waals surface area contributed by atoms with Crippen molar-refractivity contribution in [3.05, 3.63) is 33.7 Å². The van der Waals surface area contributed by atoms with Crippen LogP contribution in [0.25, 0.3) is 0 Å². The molecule has 1 heterocycles. The number of nitrogens with zero attached hydrogens (tertiary/aromatic N) is 2. The van der Waals surface area contributed by atoms with Crippen molar-refractivity contribution in [3.63, 3.8) is 0 Å². The van der Waals surface area contributed by atoms with E-state index in [9.17, 15) is 9.18 Å². The predicted molar refractivity (Wildman–Crippen MR) is 58.5 cm³/mol. The van der Waals surface area contributed by atoms with Gasteiger partial charge in [-0.15, -0.1) is 0 Å². The number of oxime groups is 1. The van der Waals surface area contributed by atoms with E-state index in [-0.39, 0.29) is 29.9 Å². The largest absolute Gasteiger partial charge is 0.409 e. The van der Waals surface area contributed by atoms with Crippen LogP contribution in [0.2, 0.25) is 0 Å². The topological polar surface area (TPSA) is 80.6 Å². The van der Waals surface area contributed by atoms with Crippen molar-refractivity contribution in [3.8, 4) is 0 Å². The van der Waals surface area contributed by atoms with Crippen LogP contribution in [0.5, 0.6) is 0 Å². The van der Waals surface area contributed by atoms with Gasteiger partial charge >= 0.3 is 0 Å². The SMILES string of the molecule is Cc1ccc(/C(N)=N/O)c(=O)n1CCCF. The summed E-state index contributed by atoms with van der Waals surface area (Å²) in [5.74, 6) is -0.237. The van der Waals surface area contributed by atoms with Gasteiger partial charge in [-0.3, -0.25) is 9.18 Å². The zero-order valence-corrected chi connectivity index (χ0v) is 8.98. The molecule has 0 amide bonds. The Hall–Kier alpha value is -1.85. The molecule has 0 aliphatic heterocycles. The monoisotopic (exact) mass is 227 g/mol. The minimum absolute atomic E-state index is 0.118. The number of hydrogen-bond donors (Lipinski definition) is 2. The van der Waals surface area contributed by atoms with Gasteiger partial charge in [-0.05, 0) is 25.5 Å². The Balaban J connectivity index is 3.22. The van der Waals surface area contributed by atoms with Crippen LogP contribution in [-0.2, 0) is 6.54 Å². The maximum atomic E-state index is 12.1. The van der Waals surface area contributed by atoms with Crippen LogP contribution in [0.4, 0.5) is 4.39 Å². The zero-order chi connectivity index (χ0) is 12.1. The van der Waals surface area contributed by atoms with Gasteiger partial charge in [-0.1, -0.05) is 5.16 Å². The van der Waals surface area contributed by atoms with Gasteiger partial charge in [0.15, 0.2) is 5.84 Å². The lowest BCUT2D eigenvalue weighted by Crippen LogP contribution is -2.31. The summed E-state index contributed by atoms with van der Waals surface area (Å²) in [5, 5.41) is 11.3. The lowest BCUT2D eigenvalue weighted by atomic mass is 10.2. The van der Waals surface area contributed by atoms with Crippen molar-refractivity contribution < 1.29 is 9.60 Å². The standard InChI is InChI=1S/C10H14FN3O2/c1-7-3-4-8(9(12)13-16)10(15)14(7)6-2-5-11/h3-4,16H,2,5-6H2,1H3,(H2,12,13). The Morgan fingerprint density at radius 1 is 1.62 bits per heavy atom. The van der Waals surface area contributed by atoms with E-state index in [1.54, 1.807) is 13.0 Å². The molecule has 16 heavy (non-hydrogen) atoms. The number of pyridine rings is 1. The highest BCUT2D eigenvalue weighted by Gasteiger charge is 2.09. The number of halogens is 1. The van der Waals surface area contributed by atoms with Crippen LogP contribution in [0.15, 0.2) is 22.1 Å². The smallest absolute Gasteiger partial charge is 0.261 e. The lowest BCUT2D eigenvalue weighted by Gasteiger charge is -2.10. The molecule has 0 bridgehead atoms. The van der Waals surface area contributed by atoms with Crippen LogP contribution < -0.4 is 11.3 Å². The summed E-state index contributed by atoms with van der Waals surface area (Å²) in [6.45, 7) is 1.54. The molecule has 0 radical (unpaired) electrons. The summed E-state index contributed by atoms with van der Waals surface area (Å²) in [5.41, 5.74) is 5.82. The molecule has 0 unspecified atom stereocenters. The second kappa shape index (κ2) is 5.29. The maximum Gasteiger partial charge on any atom is 0.261 e. The number of nitrogens with two attached hydrogens (primary N) is 1. The van der Waals surface area contributed by atoms with Crippen molar-refractivity contribution in [2.75, 3.05) is 6.67 Å². The third-order valence-corrected chi connectivity index (χ3v) is 2.29. The molecular weight excluding hydrogens is 213 g/mol. The van der Waals surface area contributed by atoms with Gasteiger partial charge in [0.25, 0.3) is 5.56 Å². The molecular formula is C10H14FN3O2. The molecule has 0 aromatic carbocycles. The third-order valence-electron chi connectivity index (χ3n) is 2.29. The summed E-state index contributed by atoms with van der Waals surface area (Å²) in [7, 11) is 0. The van der Waals surface area contributed by atoms with E-state index in [1.165, 1.54) is 10.6 Å². The van der Waals surface area contributed by atoms with E-state index in [4.69, 9.17) is 10.9 Å². The van der Waals surface area contributed by atoms with Crippen molar-refractivity contribution in [2.45, 2.75) is 19.9 Å². The molecule has 0 saturated heterocycles. The fourth-order valence-corrected chi connectivity index (χ4v) is 1.42. The van der Waals surface area contributed by atoms with Crippen LogP contribution in [-0.4, -0.2) is 22.3 Å². The summed E-state index contributed by atoms with van der Waals surface area (Å²) < 4.78 is 13.5. The van der Waals surface area contributed by atoms with E-state index < -0.39 is 6.67 Å². The maximum absolute atomic E-state index is 12.1. The van der Waals surface area contributed by atoms with Crippen LogP contribution in [0.1, 0.15) is 17.7 Å². The van der Waals surface area contributed by atoms with Gasteiger partial charge in [0.1, 0.15) is 0 Å². The first-order valence-electron chi connectivity index (χ1n) is 4.86. The van der Waals surface area contributed by atoms with E-state index in [0.29, 0.717) is 5.69 Å². The normalized spacial score (nSPS) is 11.8. The molecule has 5 nitrogen and oxygen atoms in total. The second-order valence-electron chi connectivity index (χ2n) is 3.37. The Labute approximate surface area is 92.0 Å². The van der Waals surface area contributed by atoms with Crippen LogP contribution in [0.3, 0.4) is 0 Å². The Kier molecular flexibility index (Phi) is 4.04. The molecule has 1 aromatic heterocycles. The fourth-order valence-electron chi connectivity index (χ4n) is 1.42. The highest BCUT2D eigenvalue weighted by atomic mass is 19.1. The summed E-state index contributed by atoms with van der Waals surface area (Å²) >= 11 is 0. The zero-order valence-electron chi connectivity index (χ0n) is 8.98. The van der Waals surface area contributed by atoms with Gasteiger partial charge in [0.2, 0.25) is 0 Å². The Morgan fingerprint density at radius 2 is 2.31 bits per heavy atom. The molecule has 1 aromatic rings. The number of aryl methyl sites for hydroxylation is 1. The summed E-state index contributed by atoms with van der Waals surface area (Å²) in [6.07, 6.45) is 0.264. The highest BCUT2D eigenvalue weighted by molar-refractivity contribution is 5.96. The van der Waals surface area contributed by atoms with Crippen LogP contribution >= 0.6 is 0 Å². The number of alkyl halides is 1. The first-order valence-corrected chi connectivity index (χ1v) is 4.86. The predicted octanol–water partition coefficient (Wildman–Crippen LogP) is 0.611. The molecule has 1 rings (SSSR count). The van der Waals surface area contributed by atoms with Gasteiger partial charge < -0.3 is 15.5 Å². The Morgan fingerprint density at radius 3 is 2.88 bits per heavy atom. The highest BCUT2D eigenvalue weighted by Crippen LogP contribution is 2.00. The molecule has 0 saturated carbocycles. The third kappa shape index (κ3) is 2.39. The second-order valence-corrected chi connectivity index (χ2v) is 3.37. The average molecular weight is 227 g/mol. The molecule has 6 heteroatoms. The van der Waals surface area contributed by atoms with Gasteiger partial charge in [0, 0.05) is 12.2 Å². The lowest BCUT2D eigenvalue weighted by molar-refractivity contribution is 0.318. The quantitative estimate of drug-likeness (QED) is 0.342. The summed E-state index contributed by atoms with van der Waals surface area (Å²) in [6, 6.07) is 3.16. The number of amidine groups is 1.